The van der Waals surface area contributed by atoms with E-state index >= 15 is 0 Å². The molecule has 3 nitrogen and oxygen atoms in total. The van der Waals surface area contributed by atoms with Crippen LogP contribution < -0.4 is 0 Å². The molecular weight excluding hydrogens is 214 g/mol. The highest BCUT2D eigenvalue weighted by atomic mass is 16.5. The standard InChI is InChI=1S/C14H21NO2/c1-4-10-17-14(16)13(15(2)3)11-12-8-6-5-7-9-12/h5-9,13H,4,10-11H2,1-3H3/t13-/m0/s1. The van der Waals surface area contributed by atoms with Crippen LogP contribution in [0.15, 0.2) is 30.3 Å². The van der Waals surface area contributed by atoms with Gasteiger partial charge in [-0.2, -0.15) is 0 Å². The van der Waals surface area contributed by atoms with Crippen molar-refractivity contribution in [2.24, 2.45) is 0 Å². The Morgan fingerprint density at radius 3 is 2.47 bits per heavy atom. The second-order valence-corrected chi connectivity index (χ2v) is 4.34. The first-order valence-corrected chi connectivity index (χ1v) is 6.02. The van der Waals surface area contributed by atoms with Crippen molar-refractivity contribution in [3.63, 3.8) is 0 Å². The van der Waals surface area contributed by atoms with Crippen LogP contribution in [0.25, 0.3) is 0 Å². The van der Waals surface area contributed by atoms with E-state index in [0.29, 0.717) is 13.0 Å². The van der Waals surface area contributed by atoms with Gasteiger partial charge < -0.3 is 4.74 Å². The van der Waals surface area contributed by atoms with Gasteiger partial charge in [0.2, 0.25) is 0 Å². The Bertz CT molecular complexity index is 335. The van der Waals surface area contributed by atoms with E-state index in [0.717, 1.165) is 12.0 Å². The summed E-state index contributed by atoms with van der Waals surface area (Å²) in [6, 6.07) is 9.80. The van der Waals surface area contributed by atoms with Crippen molar-refractivity contribution in [2.75, 3.05) is 20.7 Å². The summed E-state index contributed by atoms with van der Waals surface area (Å²) in [5, 5.41) is 0. The molecule has 0 bridgehead atoms. The van der Waals surface area contributed by atoms with Gasteiger partial charge in [0.15, 0.2) is 0 Å². The minimum atomic E-state index is -0.205. The molecule has 1 atom stereocenters. The number of carbonyl (C=O) groups is 1. The Morgan fingerprint density at radius 2 is 1.94 bits per heavy atom. The van der Waals surface area contributed by atoms with Crippen molar-refractivity contribution < 1.29 is 9.53 Å². The molecule has 0 N–H and O–H groups in total. The fourth-order valence-electron chi connectivity index (χ4n) is 1.61. The molecule has 1 aromatic rings. The highest BCUT2D eigenvalue weighted by Crippen LogP contribution is 2.08. The molecule has 1 rings (SSSR count). The summed E-state index contributed by atoms with van der Waals surface area (Å²) in [6.07, 6.45) is 1.55. The quantitative estimate of drug-likeness (QED) is 0.707. The average Bonchev–Trinajstić information content (AvgIpc) is 2.34. The van der Waals surface area contributed by atoms with Crippen molar-refractivity contribution in [2.45, 2.75) is 25.8 Å². The van der Waals surface area contributed by atoms with E-state index in [1.807, 2.05) is 56.3 Å². The smallest absolute Gasteiger partial charge is 0.323 e. The summed E-state index contributed by atoms with van der Waals surface area (Å²) in [5.74, 6) is -0.138. The molecule has 3 heteroatoms. The number of likely N-dealkylation sites (N-methyl/N-ethyl adjacent to an activating group) is 1. The maximum Gasteiger partial charge on any atom is 0.323 e. The van der Waals surface area contributed by atoms with Crippen LogP contribution in [0.4, 0.5) is 0 Å². The molecule has 0 aliphatic carbocycles. The summed E-state index contributed by atoms with van der Waals surface area (Å²) in [6.45, 7) is 2.49. The lowest BCUT2D eigenvalue weighted by atomic mass is 10.1. The summed E-state index contributed by atoms with van der Waals surface area (Å²) < 4.78 is 5.21. The minimum Gasteiger partial charge on any atom is -0.465 e. The number of nitrogens with zero attached hydrogens (tertiary/aromatic N) is 1. The first-order chi connectivity index (χ1) is 8.15. The van der Waals surface area contributed by atoms with Gasteiger partial charge in [0.25, 0.3) is 0 Å². The SMILES string of the molecule is CCCOC(=O)[C@H](Cc1ccccc1)N(C)C. The molecule has 0 saturated heterocycles. The molecule has 0 aromatic heterocycles. The van der Waals surface area contributed by atoms with Crippen LogP contribution in [-0.4, -0.2) is 37.6 Å². The first-order valence-electron chi connectivity index (χ1n) is 6.02. The second kappa shape index (κ2) is 7.07. The lowest BCUT2D eigenvalue weighted by Gasteiger charge is -2.22. The Kier molecular flexibility index (Phi) is 5.70. The molecule has 0 aliphatic heterocycles. The van der Waals surface area contributed by atoms with Crippen molar-refractivity contribution in [1.29, 1.82) is 0 Å². The van der Waals surface area contributed by atoms with Gasteiger partial charge in [-0.15, -0.1) is 0 Å². The summed E-state index contributed by atoms with van der Waals surface area (Å²) in [5.41, 5.74) is 1.15. The molecule has 17 heavy (non-hydrogen) atoms. The molecule has 94 valence electrons. The number of ether oxygens (including phenoxy) is 1. The Balaban J connectivity index is 2.63. The Labute approximate surface area is 103 Å². The van der Waals surface area contributed by atoms with Crippen molar-refractivity contribution in [1.82, 2.24) is 4.90 Å². The monoisotopic (exact) mass is 235 g/mol. The van der Waals surface area contributed by atoms with Gasteiger partial charge in [-0.05, 0) is 32.5 Å². The van der Waals surface area contributed by atoms with Crippen molar-refractivity contribution >= 4 is 5.97 Å². The lowest BCUT2D eigenvalue weighted by Crippen LogP contribution is -2.39. The van der Waals surface area contributed by atoms with Crippen molar-refractivity contribution in [3.8, 4) is 0 Å². The molecule has 1 aromatic carbocycles. The number of hydrogen-bond donors (Lipinski definition) is 0. The van der Waals surface area contributed by atoms with Crippen LogP contribution in [0.5, 0.6) is 0 Å². The number of esters is 1. The highest BCUT2D eigenvalue weighted by molar-refractivity contribution is 5.76. The van der Waals surface area contributed by atoms with E-state index in [1.165, 1.54) is 0 Å². The third-order valence-electron chi connectivity index (χ3n) is 2.62. The van der Waals surface area contributed by atoms with E-state index in [-0.39, 0.29) is 12.0 Å². The highest BCUT2D eigenvalue weighted by Gasteiger charge is 2.22. The van der Waals surface area contributed by atoms with E-state index < -0.39 is 0 Å². The summed E-state index contributed by atoms with van der Waals surface area (Å²) in [4.78, 5) is 13.8. The number of rotatable bonds is 6. The van der Waals surface area contributed by atoms with Gasteiger partial charge in [0.05, 0.1) is 6.61 Å². The largest absolute Gasteiger partial charge is 0.465 e. The van der Waals surface area contributed by atoms with Crippen LogP contribution in [-0.2, 0) is 16.0 Å². The first kappa shape index (κ1) is 13.7. The van der Waals surface area contributed by atoms with Gasteiger partial charge in [0.1, 0.15) is 6.04 Å². The summed E-state index contributed by atoms with van der Waals surface area (Å²) in [7, 11) is 3.81. The zero-order chi connectivity index (χ0) is 12.7. The number of carbonyl (C=O) groups excluding carboxylic acids is 1. The molecule has 0 aliphatic rings. The van der Waals surface area contributed by atoms with Crippen LogP contribution in [0, 0.1) is 0 Å². The summed E-state index contributed by atoms with van der Waals surface area (Å²) >= 11 is 0. The fraction of sp³-hybridized carbons (Fsp3) is 0.500. The molecule has 0 unspecified atom stereocenters. The minimum absolute atomic E-state index is 0.138. The Hall–Kier alpha value is -1.35. The topological polar surface area (TPSA) is 29.5 Å². The van der Waals surface area contributed by atoms with E-state index in [2.05, 4.69) is 0 Å². The third kappa shape index (κ3) is 4.57. The molecule has 0 fully saturated rings. The second-order valence-electron chi connectivity index (χ2n) is 4.34. The third-order valence-corrected chi connectivity index (χ3v) is 2.62. The molecule has 0 radical (unpaired) electrons. The zero-order valence-corrected chi connectivity index (χ0v) is 10.8. The lowest BCUT2D eigenvalue weighted by molar-refractivity contribution is -0.149. The molecule has 0 spiro atoms. The number of benzene rings is 1. The van der Waals surface area contributed by atoms with Gasteiger partial charge in [-0.3, -0.25) is 9.69 Å². The van der Waals surface area contributed by atoms with Crippen LogP contribution in [0.3, 0.4) is 0 Å². The molecule has 0 amide bonds. The maximum absolute atomic E-state index is 11.9. The molecule has 0 heterocycles. The van der Waals surface area contributed by atoms with E-state index in [1.54, 1.807) is 0 Å². The maximum atomic E-state index is 11.9. The predicted octanol–water partition coefficient (Wildman–Crippen LogP) is 2.11. The van der Waals surface area contributed by atoms with Gasteiger partial charge >= 0.3 is 5.97 Å². The number of hydrogen-bond acceptors (Lipinski definition) is 3. The van der Waals surface area contributed by atoms with Crippen LogP contribution in [0.2, 0.25) is 0 Å². The normalized spacial score (nSPS) is 12.5. The van der Waals surface area contributed by atoms with E-state index in [9.17, 15) is 4.79 Å². The van der Waals surface area contributed by atoms with Gasteiger partial charge in [-0.1, -0.05) is 37.3 Å². The molecular formula is C14H21NO2. The predicted molar refractivity (Wildman–Crippen MR) is 68.9 cm³/mol. The van der Waals surface area contributed by atoms with Gasteiger partial charge in [-0.25, -0.2) is 0 Å². The zero-order valence-electron chi connectivity index (χ0n) is 10.8. The van der Waals surface area contributed by atoms with Crippen LogP contribution in [0.1, 0.15) is 18.9 Å². The van der Waals surface area contributed by atoms with E-state index in [4.69, 9.17) is 4.74 Å². The average molecular weight is 235 g/mol. The Morgan fingerprint density at radius 1 is 1.29 bits per heavy atom. The molecule has 0 saturated carbocycles. The fourth-order valence-corrected chi connectivity index (χ4v) is 1.61. The van der Waals surface area contributed by atoms with Gasteiger partial charge in [0, 0.05) is 0 Å². The van der Waals surface area contributed by atoms with Crippen molar-refractivity contribution in [3.05, 3.63) is 35.9 Å². The van der Waals surface area contributed by atoms with Crippen LogP contribution >= 0.6 is 0 Å².